The van der Waals surface area contributed by atoms with Crippen LogP contribution in [0.4, 0.5) is 0 Å². The molecule has 0 saturated heterocycles. The van der Waals surface area contributed by atoms with Gasteiger partial charge in [0.15, 0.2) is 6.61 Å². The topological polar surface area (TPSA) is 67.8 Å². The van der Waals surface area contributed by atoms with E-state index >= 15 is 0 Å². The molecule has 0 fully saturated rings. The van der Waals surface area contributed by atoms with Crippen molar-refractivity contribution >= 4 is 16.7 Å². The van der Waals surface area contributed by atoms with Crippen molar-refractivity contribution in [3.63, 3.8) is 0 Å². The van der Waals surface area contributed by atoms with Gasteiger partial charge in [0.1, 0.15) is 5.75 Å². The van der Waals surface area contributed by atoms with Crippen LogP contribution >= 0.6 is 0 Å². The minimum Gasteiger partial charge on any atom is -0.484 e. The number of amides is 1. The lowest BCUT2D eigenvalue weighted by molar-refractivity contribution is -0.123. The first-order valence-electron chi connectivity index (χ1n) is 9.33. The molecule has 0 spiro atoms. The first-order chi connectivity index (χ1) is 13.7. The number of hydrogen-bond donors (Lipinski definition) is 2. The van der Waals surface area contributed by atoms with Gasteiger partial charge in [-0.2, -0.15) is 0 Å². The van der Waals surface area contributed by atoms with Gasteiger partial charge in [-0.15, -0.1) is 0 Å². The predicted molar refractivity (Wildman–Crippen MR) is 109 cm³/mol. The van der Waals surface area contributed by atoms with E-state index in [1.165, 1.54) is 0 Å². The molecule has 3 aromatic carbocycles. The second-order valence-corrected chi connectivity index (χ2v) is 6.60. The van der Waals surface area contributed by atoms with Gasteiger partial charge < -0.3 is 19.9 Å². The molecule has 3 aromatic rings. The Hall–Kier alpha value is -2.89. The highest BCUT2D eigenvalue weighted by Crippen LogP contribution is 2.20. The summed E-state index contributed by atoms with van der Waals surface area (Å²) in [5.74, 6) is 0.429. The number of aliphatic hydroxyl groups is 1. The highest BCUT2D eigenvalue weighted by atomic mass is 16.5. The zero-order chi connectivity index (χ0) is 19.8. The van der Waals surface area contributed by atoms with Gasteiger partial charge in [-0.05, 0) is 35.4 Å². The molecule has 1 atom stereocenters. The largest absolute Gasteiger partial charge is 0.484 e. The minimum absolute atomic E-state index is 0.0681. The third-order valence-corrected chi connectivity index (χ3v) is 4.43. The molecule has 0 aliphatic rings. The summed E-state index contributed by atoms with van der Waals surface area (Å²) >= 11 is 0. The number of fused-ring (bicyclic) bond motifs is 1. The van der Waals surface area contributed by atoms with Crippen molar-refractivity contribution in [2.24, 2.45) is 0 Å². The average Bonchev–Trinajstić information content (AvgIpc) is 2.73. The highest BCUT2D eigenvalue weighted by molar-refractivity contribution is 5.84. The van der Waals surface area contributed by atoms with Gasteiger partial charge in [0.2, 0.25) is 0 Å². The smallest absolute Gasteiger partial charge is 0.258 e. The predicted octanol–water partition coefficient (Wildman–Crippen LogP) is 3.39. The highest BCUT2D eigenvalue weighted by Gasteiger charge is 2.14. The summed E-state index contributed by atoms with van der Waals surface area (Å²) in [5, 5.41) is 14.1. The fourth-order valence-electron chi connectivity index (χ4n) is 2.91. The molecule has 1 amide bonds. The zero-order valence-corrected chi connectivity index (χ0v) is 15.9. The van der Waals surface area contributed by atoms with Crippen LogP contribution in [0, 0.1) is 6.92 Å². The summed E-state index contributed by atoms with van der Waals surface area (Å²) in [6.07, 6.45) is -0.322. The summed E-state index contributed by atoms with van der Waals surface area (Å²) in [6, 6.07) is 21.7. The third-order valence-electron chi connectivity index (χ3n) is 4.43. The van der Waals surface area contributed by atoms with Crippen molar-refractivity contribution < 1.29 is 19.4 Å². The van der Waals surface area contributed by atoms with E-state index in [0.717, 1.165) is 21.9 Å². The Morgan fingerprint density at radius 3 is 2.54 bits per heavy atom. The van der Waals surface area contributed by atoms with E-state index in [-0.39, 0.29) is 31.8 Å². The number of ether oxygens (including phenoxy) is 2. The van der Waals surface area contributed by atoms with E-state index in [1.54, 1.807) is 0 Å². The number of rotatable bonds is 9. The minimum atomic E-state index is -0.322. The molecule has 0 aliphatic carbocycles. The van der Waals surface area contributed by atoms with Crippen molar-refractivity contribution in [1.29, 1.82) is 0 Å². The van der Waals surface area contributed by atoms with Gasteiger partial charge in [-0.25, -0.2) is 0 Å². The number of aliphatic hydroxyl groups excluding tert-OH is 1. The molecule has 0 saturated carbocycles. The average molecular weight is 379 g/mol. The van der Waals surface area contributed by atoms with Crippen LogP contribution in [0.5, 0.6) is 5.75 Å². The maximum atomic E-state index is 12.2. The number of hydrogen-bond acceptors (Lipinski definition) is 4. The number of aryl methyl sites for hydroxylation is 1. The molecule has 0 bridgehead atoms. The van der Waals surface area contributed by atoms with Crippen LogP contribution < -0.4 is 10.1 Å². The van der Waals surface area contributed by atoms with E-state index in [1.807, 2.05) is 73.7 Å². The Labute approximate surface area is 164 Å². The quantitative estimate of drug-likeness (QED) is 0.598. The van der Waals surface area contributed by atoms with Gasteiger partial charge in [0.05, 0.1) is 19.3 Å². The van der Waals surface area contributed by atoms with Crippen molar-refractivity contribution in [3.8, 4) is 5.75 Å². The van der Waals surface area contributed by atoms with Crippen molar-refractivity contribution in [1.82, 2.24) is 5.32 Å². The van der Waals surface area contributed by atoms with Crippen LogP contribution in [-0.4, -0.2) is 37.4 Å². The monoisotopic (exact) mass is 379 g/mol. The Bertz CT molecular complexity index is 908. The molecule has 1 unspecified atom stereocenters. The summed E-state index contributed by atoms with van der Waals surface area (Å²) in [6.45, 7) is 2.39. The van der Waals surface area contributed by atoms with Gasteiger partial charge in [-0.1, -0.05) is 60.2 Å². The summed E-state index contributed by atoms with van der Waals surface area (Å²) in [7, 11) is 0. The van der Waals surface area contributed by atoms with E-state index < -0.39 is 0 Å². The van der Waals surface area contributed by atoms with Gasteiger partial charge in [0, 0.05) is 6.54 Å². The lowest BCUT2D eigenvalue weighted by Gasteiger charge is -2.19. The molecule has 0 heterocycles. The molecular weight excluding hydrogens is 354 g/mol. The molecule has 146 valence electrons. The van der Waals surface area contributed by atoms with Crippen LogP contribution in [-0.2, 0) is 9.53 Å². The van der Waals surface area contributed by atoms with E-state index in [2.05, 4.69) is 5.32 Å². The first kappa shape index (κ1) is 19.9. The molecule has 2 N–H and O–H groups in total. The normalized spacial score (nSPS) is 11.9. The van der Waals surface area contributed by atoms with Crippen molar-refractivity contribution in [2.45, 2.75) is 13.0 Å². The van der Waals surface area contributed by atoms with Crippen LogP contribution in [0.25, 0.3) is 10.8 Å². The van der Waals surface area contributed by atoms with E-state index in [9.17, 15) is 4.79 Å². The Balaban J connectivity index is 1.53. The van der Waals surface area contributed by atoms with Crippen LogP contribution in [0.1, 0.15) is 17.2 Å². The molecular formula is C23H25NO4. The molecule has 28 heavy (non-hydrogen) atoms. The lowest BCUT2D eigenvalue weighted by Crippen LogP contribution is -2.33. The second kappa shape index (κ2) is 9.88. The van der Waals surface area contributed by atoms with Crippen molar-refractivity contribution in [3.05, 3.63) is 77.9 Å². The number of carbonyl (C=O) groups excluding carboxylic acids is 1. The maximum absolute atomic E-state index is 12.2. The fraction of sp³-hybridized carbons (Fsp3) is 0.261. The van der Waals surface area contributed by atoms with Crippen molar-refractivity contribution in [2.75, 3.05) is 26.4 Å². The van der Waals surface area contributed by atoms with E-state index in [0.29, 0.717) is 12.3 Å². The maximum Gasteiger partial charge on any atom is 0.258 e. The summed E-state index contributed by atoms with van der Waals surface area (Å²) in [4.78, 5) is 12.2. The fourth-order valence-corrected chi connectivity index (χ4v) is 2.91. The zero-order valence-electron chi connectivity index (χ0n) is 15.9. The standard InChI is InChI=1S/C23H25NO4/c1-17-6-8-19(9-7-17)22(27-13-12-25)15-24-23(26)16-28-21-11-10-18-4-2-3-5-20(18)14-21/h2-11,14,22,25H,12-13,15-16H2,1H3,(H,24,26). The SMILES string of the molecule is Cc1ccc(C(CNC(=O)COc2ccc3ccccc3c2)OCCO)cc1. The van der Waals surface area contributed by atoms with Crippen LogP contribution in [0.2, 0.25) is 0 Å². The molecule has 3 rings (SSSR count). The first-order valence-corrected chi connectivity index (χ1v) is 9.33. The molecule has 5 heteroatoms. The Morgan fingerprint density at radius 1 is 1.04 bits per heavy atom. The van der Waals surface area contributed by atoms with Gasteiger partial charge >= 0.3 is 0 Å². The van der Waals surface area contributed by atoms with E-state index in [4.69, 9.17) is 14.6 Å². The van der Waals surface area contributed by atoms with Crippen LogP contribution in [0.15, 0.2) is 66.7 Å². The summed E-state index contributed by atoms with van der Waals surface area (Å²) < 4.78 is 11.3. The Morgan fingerprint density at radius 2 is 1.79 bits per heavy atom. The lowest BCUT2D eigenvalue weighted by atomic mass is 10.1. The Kier molecular flexibility index (Phi) is 7.00. The third kappa shape index (κ3) is 5.55. The number of nitrogens with one attached hydrogen (secondary N) is 1. The number of benzene rings is 3. The summed E-state index contributed by atoms with van der Waals surface area (Å²) in [5.41, 5.74) is 2.10. The molecule has 5 nitrogen and oxygen atoms in total. The second-order valence-electron chi connectivity index (χ2n) is 6.60. The van der Waals surface area contributed by atoms with Crippen LogP contribution in [0.3, 0.4) is 0 Å². The number of carbonyl (C=O) groups is 1. The molecule has 0 aliphatic heterocycles. The van der Waals surface area contributed by atoms with Gasteiger partial charge in [-0.3, -0.25) is 4.79 Å². The molecule has 0 radical (unpaired) electrons. The van der Waals surface area contributed by atoms with Gasteiger partial charge in [0.25, 0.3) is 5.91 Å². The molecule has 0 aromatic heterocycles.